The second kappa shape index (κ2) is 6.81. The Balaban J connectivity index is 1.62. The van der Waals surface area contributed by atoms with Crippen LogP contribution in [-0.2, 0) is 0 Å². The van der Waals surface area contributed by atoms with Crippen molar-refractivity contribution in [2.24, 2.45) is 0 Å². The Bertz CT molecular complexity index is 1110. The van der Waals surface area contributed by atoms with Gasteiger partial charge in [-0.1, -0.05) is 53.8 Å². The van der Waals surface area contributed by atoms with Crippen LogP contribution in [0.15, 0.2) is 54.7 Å². The predicted octanol–water partition coefficient (Wildman–Crippen LogP) is 4.63. The number of carboxylic acids is 1. The molecule has 3 N–H and O–H groups in total. The molecule has 4 rings (SSSR count). The summed E-state index contributed by atoms with van der Waals surface area (Å²) in [7, 11) is 0. The zero-order valence-corrected chi connectivity index (χ0v) is 14.3. The Hall–Kier alpha value is -3.45. The second-order valence-electron chi connectivity index (χ2n) is 5.53. The second-order valence-corrected chi connectivity index (χ2v) is 6.57. The lowest BCUT2D eigenvalue weighted by molar-refractivity contribution is 0.0702. The van der Waals surface area contributed by atoms with Crippen molar-refractivity contribution < 1.29 is 9.90 Å². The minimum Gasteiger partial charge on any atom is -0.477 e. The average molecular weight is 362 g/mol. The van der Waals surface area contributed by atoms with Crippen molar-refractivity contribution in [2.45, 2.75) is 0 Å². The van der Waals surface area contributed by atoms with E-state index in [1.807, 2.05) is 60.7 Å². The number of hydrogen-bond donors (Lipinski definition) is 3. The van der Waals surface area contributed by atoms with Crippen molar-refractivity contribution in [3.8, 4) is 0 Å². The van der Waals surface area contributed by atoms with Crippen LogP contribution < -0.4 is 5.32 Å². The molecule has 7 heteroatoms. The molecule has 0 radical (unpaired) electrons. The first kappa shape index (κ1) is 16.0. The van der Waals surface area contributed by atoms with Crippen molar-refractivity contribution >= 4 is 51.2 Å². The zero-order chi connectivity index (χ0) is 17.9. The first-order valence-electron chi connectivity index (χ1n) is 7.87. The number of carboxylic acid groups (broad SMARTS) is 1. The number of aromatic carboxylic acids is 1. The SMILES string of the molecule is O=C(O)c1cnc(Nc2ccccc2/C=C/c2n[nH]c3ccccc23)s1. The number of hydrogen-bond acceptors (Lipinski definition) is 5. The number of nitrogens with one attached hydrogen (secondary N) is 2. The first-order valence-corrected chi connectivity index (χ1v) is 8.69. The number of thiazole rings is 1. The Morgan fingerprint density at radius 1 is 1.12 bits per heavy atom. The third-order valence-electron chi connectivity index (χ3n) is 3.84. The molecule has 0 aliphatic rings. The van der Waals surface area contributed by atoms with Gasteiger partial charge < -0.3 is 10.4 Å². The smallest absolute Gasteiger partial charge is 0.347 e. The van der Waals surface area contributed by atoms with Gasteiger partial charge in [-0.15, -0.1) is 0 Å². The molecule has 128 valence electrons. The maximum Gasteiger partial charge on any atom is 0.347 e. The molecule has 0 fully saturated rings. The highest BCUT2D eigenvalue weighted by Crippen LogP contribution is 2.26. The third-order valence-corrected chi connectivity index (χ3v) is 4.74. The monoisotopic (exact) mass is 362 g/mol. The Labute approximate surface area is 152 Å². The van der Waals surface area contributed by atoms with Gasteiger partial charge in [0.2, 0.25) is 0 Å². The lowest BCUT2D eigenvalue weighted by Crippen LogP contribution is -1.92. The maximum atomic E-state index is 11.0. The van der Waals surface area contributed by atoms with Crippen LogP contribution in [0.1, 0.15) is 20.9 Å². The summed E-state index contributed by atoms with van der Waals surface area (Å²) < 4.78 is 0. The number of carbonyl (C=O) groups is 1. The minimum absolute atomic E-state index is 0.198. The summed E-state index contributed by atoms with van der Waals surface area (Å²) in [6.45, 7) is 0. The van der Waals surface area contributed by atoms with Crippen molar-refractivity contribution in [1.29, 1.82) is 0 Å². The predicted molar refractivity (Wildman–Crippen MR) is 104 cm³/mol. The number of nitrogens with zero attached hydrogens (tertiary/aromatic N) is 2. The Kier molecular flexibility index (Phi) is 4.20. The molecule has 2 heterocycles. The van der Waals surface area contributed by atoms with E-state index in [-0.39, 0.29) is 4.88 Å². The molecule has 0 spiro atoms. The molecule has 0 amide bonds. The van der Waals surface area contributed by atoms with Gasteiger partial charge >= 0.3 is 5.97 Å². The van der Waals surface area contributed by atoms with Gasteiger partial charge in [-0.05, 0) is 23.8 Å². The number of aromatic nitrogens is 3. The molecule has 0 atom stereocenters. The standard InChI is InChI=1S/C19H14N4O2S/c24-18(25)17-11-20-19(26-17)21-14-7-3-1-5-12(14)9-10-16-13-6-2-4-8-15(13)22-23-16/h1-11H,(H,20,21)(H,22,23)(H,24,25)/b10-9+. The average Bonchev–Trinajstić information content (AvgIpc) is 3.28. The number of para-hydroxylation sites is 2. The quantitative estimate of drug-likeness (QED) is 0.481. The molecule has 0 aliphatic carbocycles. The molecular weight excluding hydrogens is 348 g/mol. The summed E-state index contributed by atoms with van der Waals surface area (Å²) in [5.41, 5.74) is 3.64. The van der Waals surface area contributed by atoms with Gasteiger partial charge in [-0.25, -0.2) is 9.78 Å². The minimum atomic E-state index is -0.978. The molecular formula is C19H14N4O2S. The highest BCUT2D eigenvalue weighted by atomic mass is 32.1. The highest BCUT2D eigenvalue weighted by Gasteiger charge is 2.09. The van der Waals surface area contributed by atoms with Crippen molar-refractivity contribution in [1.82, 2.24) is 15.2 Å². The van der Waals surface area contributed by atoms with E-state index in [1.165, 1.54) is 6.20 Å². The fourth-order valence-corrected chi connectivity index (χ4v) is 3.25. The summed E-state index contributed by atoms with van der Waals surface area (Å²) in [5, 5.41) is 21.1. The van der Waals surface area contributed by atoms with Crippen molar-refractivity contribution in [2.75, 3.05) is 5.32 Å². The fraction of sp³-hybridized carbons (Fsp3) is 0. The van der Waals surface area contributed by atoms with Crippen LogP contribution in [0.25, 0.3) is 23.1 Å². The fourth-order valence-electron chi connectivity index (χ4n) is 2.58. The van der Waals surface area contributed by atoms with E-state index in [0.29, 0.717) is 5.13 Å². The van der Waals surface area contributed by atoms with Gasteiger partial charge in [0.1, 0.15) is 4.88 Å². The van der Waals surface area contributed by atoms with Gasteiger partial charge in [0.25, 0.3) is 0 Å². The Morgan fingerprint density at radius 2 is 1.92 bits per heavy atom. The van der Waals surface area contributed by atoms with Gasteiger partial charge in [0, 0.05) is 11.1 Å². The highest BCUT2D eigenvalue weighted by molar-refractivity contribution is 7.17. The zero-order valence-electron chi connectivity index (χ0n) is 13.5. The van der Waals surface area contributed by atoms with E-state index < -0.39 is 5.97 Å². The van der Waals surface area contributed by atoms with Crippen molar-refractivity contribution in [3.05, 3.63) is 70.9 Å². The van der Waals surface area contributed by atoms with Crippen LogP contribution in [-0.4, -0.2) is 26.3 Å². The van der Waals surface area contributed by atoms with E-state index >= 15 is 0 Å². The number of aromatic amines is 1. The molecule has 0 saturated heterocycles. The normalized spacial score (nSPS) is 11.2. The molecule has 0 saturated carbocycles. The van der Waals surface area contributed by atoms with E-state index in [0.717, 1.165) is 39.2 Å². The molecule has 2 aromatic heterocycles. The topological polar surface area (TPSA) is 90.9 Å². The number of benzene rings is 2. The van der Waals surface area contributed by atoms with Crippen LogP contribution in [0, 0.1) is 0 Å². The van der Waals surface area contributed by atoms with E-state index in [9.17, 15) is 4.79 Å². The lowest BCUT2D eigenvalue weighted by atomic mass is 10.1. The number of anilines is 2. The summed E-state index contributed by atoms with van der Waals surface area (Å²) in [6, 6.07) is 15.7. The number of H-pyrrole nitrogens is 1. The summed E-state index contributed by atoms with van der Waals surface area (Å²) in [4.78, 5) is 15.3. The largest absolute Gasteiger partial charge is 0.477 e. The molecule has 26 heavy (non-hydrogen) atoms. The Morgan fingerprint density at radius 3 is 2.77 bits per heavy atom. The molecule has 0 unspecified atom stereocenters. The van der Waals surface area contributed by atoms with Crippen LogP contribution >= 0.6 is 11.3 Å². The lowest BCUT2D eigenvalue weighted by Gasteiger charge is -2.06. The van der Waals surface area contributed by atoms with Crippen LogP contribution in [0.3, 0.4) is 0 Å². The molecule has 0 aliphatic heterocycles. The molecule has 0 bridgehead atoms. The molecule has 6 nitrogen and oxygen atoms in total. The van der Waals surface area contributed by atoms with Crippen LogP contribution in [0.2, 0.25) is 0 Å². The van der Waals surface area contributed by atoms with Gasteiger partial charge in [0.15, 0.2) is 5.13 Å². The number of rotatable bonds is 5. The summed E-state index contributed by atoms with van der Waals surface area (Å²) >= 11 is 1.10. The first-order chi connectivity index (χ1) is 12.7. The van der Waals surface area contributed by atoms with E-state index in [2.05, 4.69) is 20.5 Å². The molecule has 2 aromatic carbocycles. The van der Waals surface area contributed by atoms with Crippen LogP contribution in [0.5, 0.6) is 0 Å². The van der Waals surface area contributed by atoms with E-state index in [1.54, 1.807) is 0 Å². The molecule has 4 aromatic rings. The third kappa shape index (κ3) is 3.20. The van der Waals surface area contributed by atoms with E-state index in [4.69, 9.17) is 5.11 Å². The maximum absolute atomic E-state index is 11.0. The van der Waals surface area contributed by atoms with Gasteiger partial charge in [-0.3, -0.25) is 5.10 Å². The van der Waals surface area contributed by atoms with Gasteiger partial charge in [0.05, 0.1) is 17.4 Å². The van der Waals surface area contributed by atoms with Crippen LogP contribution in [0.4, 0.5) is 10.8 Å². The summed E-state index contributed by atoms with van der Waals surface area (Å²) in [6.07, 6.45) is 5.27. The number of fused-ring (bicyclic) bond motifs is 1. The van der Waals surface area contributed by atoms with Gasteiger partial charge in [-0.2, -0.15) is 5.10 Å². The summed E-state index contributed by atoms with van der Waals surface area (Å²) in [5.74, 6) is -0.978. The van der Waals surface area contributed by atoms with Crippen molar-refractivity contribution in [3.63, 3.8) is 0 Å².